The van der Waals surface area contributed by atoms with Crippen LogP contribution in [-0.4, -0.2) is 110 Å². The molecule has 1 saturated heterocycles. The summed E-state index contributed by atoms with van der Waals surface area (Å²) < 4.78 is 48.1. The van der Waals surface area contributed by atoms with E-state index in [1.165, 1.54) is 25.6 Å². The minimum absolute atomic E-state index is 0.110. The number of carbonyl (C=O) groups is 6. The summed E-state index contributed by atoms with van der Waals surface area (Å²) in [6.45, 7) is 7.02. The SMILES string of the molecule is CCC/C=C1\C=C[C@@]2(C)C(=C1)CC[C@H]1[C@@H]3C[C@H]4O[C@@H](c5ccc(CSc6cccc(NC(=O)[C@H](C)NC(=O)[C@H](C)NC(=O)CNC(=O)C(S)CC(=O)O)c6)cc5)OC[C@@]4(C(=O)COP(=O)(O)O)[C@@]3(C)C[C@H](O)[C@@]12F. The highest BCUT2D eigenvalue weighted by Gasteiger charge is 2.77. The lowest BCUT2D eigenvalue weighted by atomic mass is 9.43. The van der Waals surface area contributed by atoms with Gasteiger partial charge in [-0.2, -0.15) is 12.6 Å². The largest absolute Gasteiger partial charge is 0.481 e. The number of phosphoric acid groups is 1. The molecule has 7 rings (SSSR count). The third-order valence-corrected chi connectivity index (χ3v) is 17.7. The van der Waals surface area contributed by atoms with Crippen molar-refractivity contribution in [2.45, 2.75) is 132 Å². The van der Waals surface area contributed by atoms with Crippen LogP contribution in [0.4, 0.5) is 10.1 Å². The Kier molecular flexibility index (Phi) is 17.6. The van der Waals surface area contributed by atoms with Crippen molar-refractivity contribution in [3.63, 3.8) is 0 Å². The van der Waals surface area contributed by atoms with Gasteiger partial charge >= 0.3 is 13.8 Å². The van der Waals surface area contributed by atoms with Crippen LogP contribution in [0.25, 0.3) is 0 Å². The number of thioether (sulfide) groups is 1. The fraction of sp³-hybridized carbons (Fsp3) is 0.538. The Hall–Kier alpha value is -4.70. The molecule has 5 aliphatic rings. The number of aliphatic carboxylic acids is 1. The molecule has 4 aliphatic carbocycles. The average molecular weight is 1090 g/mol. The highest BCUT2D eigenvalue weighted by Crippen LogP contribution is 2.73. The van der Waals surface area contributed by atoms with Crippen molar-refractivity contribution in [2.75, 3.05) is 25.1 Å². The Labute approximate surface area is 439 Å². The minimum atomic E-state index is -5.06. The Balaban J connectivity index is 0.970. The van der Waals surface area contributed by atoms with Crippen molar-refractivity contribution in [2.24, 2.45) is 28.1 Å². The van der Waals surface area contributed by atoms with Crippen LogP contribution in [0.5, 0.6) is 0 Å². The molecule has 4 fully saturated rings. The monoisotopic (exact) mass is 1080 g/mol. The molecule has 12 atom stereocenters. The third kappa shape index (κ3) is 11.7. The molecule has 2 aromatic carbocycles. The summed E-state index contributed by atoms with van der Waals surface area (Å²) in [6.07, 6.45) is 7.21. The van der Waals surface area contributed by atoms with Crippen LogP contribution in [-0.2, 0) is 53.1 Å². The second-order valence-electron chi connectivity index (χ2n) is 20.4. The first-order chi connectivity index (χ1) is 34.8. The van der Waals surface area contributed by atoms with Crippen molar-refractivity contribution in [1.82, 2.24) is 16.0 Å². The minimum Gasteiger partial charge on any atom is -0.481 e. The normalized spacial score (nSPS) is 30.8. The zero-order valence-electron chi connectivity index (χ0n) is 41.9. The van der Waals surface area contributed by atoms with E-state index in [2.05, 4.69) is 46.9 Å². The fourth-order valence-corrected chi connectivity index (χ4v) is 13.2. The van der Waals surface area contributed by atoms with E-state index < -0.39 is 132 Å². The number of amides is 4. The van der Waals surface area contributed by atoms with E-state index in [0.717, 1.165) is 34.4 Å². The van der Waals surface area contributed by atoms with E-state index >= 15 is 4.39 Å². The number of carbonyl (C=O) groups excluding carboxylic acids is 5. The fourth-order valence-electron chi connectivity index (χ4n) is 11.8. The second-order valence-corrected chi connectivity index (χ2v) is 23.3. The topological polar surface area (TPSA) is 276 Å². The summed E-state index contributed by atoms with van der Waals surface area (Å²) in [4.78, 5) is 95.5. The summed E-state index contributed by atoms with van der Waals surface area (Å²) >= 11 is 5.40. The van der Waals surface area contributed by atoms with Crippen LogP contribution < -0.4 is 21.3 Å². The predicted molar refractivity (Wildman–Crippen MR) is 275 cm³/mol. The Morgan fingerprint density at radius 2 is 1.73 bits per heavy atom. The van der Waals surface area contributed by atoms with Gasteiger partial charge in [0.1, 0.15) is 18.7 Å². The van der Waals surface area contributed by atoms with Gasteiger partial charge in [0.25, 0.3) is 0 Å². The van der Waals surface area contributed by atoms with E-state index in [1.54, 1.807) is 18.2 Å². The predicted octanol–water partition coefficient (Wildman–Crippen LogP) is 6.03. The quantitative estimate of drug-likeness (QED) is 0.0416. The zero-order chi connectivity index (χ0) is 54.0. The summed E-state index contributed by atoms with van der Waals surface area (Å²) in [5.74, 6) is -5.14. The maximum Gasteiger partial charge on any atom is 0.470 e. The number of ether oxygens (including phenoxy) is 2. The lowest BCUT2D eigenvalue weighted by Gasteiger charge is -2.63. The molecule has 2 aromatic rings. The Bertz CT molecular complexity index is 2650. The van der Waals surface area contributed by atoms with Crippen molar-refractivity contribution < 1.29 is 71.7 Å². The van der Waals surface area contributed by atoms with Gasteiger partial charge in [0.15, 0.2) is 17.7 Å². The number of rotatable bonds is 20. The van der Waals surface area contributed by atoms with E-state index in [0.29, 0.717) is 29.8 Å². The van der Waals surface area contributed by atoms with Gasteiger partial charge in [-0.05, 0) is 93.5 Å². The van der Waals surface area contributed by atoms with Gasteiger partial charge in [-0.1, -0.05) is 80.5 Å². The molecule has 8 N–H and O–H groups in total. The number of alkyl halides is 1. The number of carboxylic acid groups (broad SMARTS) is 1. The number of thiol groups is 1. The number of phosphoric ester groups is 1. The first-order valence-corrected chi connectivity index (χ1v) is 27.8. The van der Waals surface area contributed by atoms with Crippen molar-refractivity contribution in [3.05, 3.63) is 95.1 Å². The smallest absolute Gasteiger partial charge is 0.470 e. The van der Waals surface area contributed by atoms with Crippen LogP contribution in [0, 0.1) is 28.1 Å². The lowest BCUT2D eigenvalue weighted by molar-refractivity contribution is -0.281. The maximum absolute atomic E-state index is 18.3. The first-order valence-electron chi connectivity index (χ1n) is 24.7. The van der Waals surface area contributed by atoms with E-state index in [4.69, 9.17) is 19.1 Å². The van der Waals surface area contributed by atoms with Crippen LogP contribution in [0.3, 0.4) is 0 Å². The second kappa shape index (κ2) is 22.9. The summed E-state index contributed by atoms with van der Waals surface area (Å²) in [6, 6.07) is 12.5. The van der Waals surface area contributed by atoms with Gasteiger partial charge in [-0.25, -0.2) is 8.96 Å². The summed E-state index contributed by atoms with van der Waals surface area (Å²) in [5, 5.41) is 29.8. The van der Waals surface area contributed by atoms with Crippen LogP contribution in [0.15, 0.2) is 88.9 Å². The number of aliphatic hydroxyl groups excluding tert-OH is 1. The van der Waals surface area contributed by atoms with Gasteiger partial charge in [-0.3, -0.25) is 33.3 Å². The summed E-state index contributed by atoms with van der Waals surface area (Å²) in [5.41, 5.74) is -1.80. The number of Topliss-reactive ketones (excluding diaryl/α,β-unsaturated/α-hetero) is 1. The molecular formula is C52H66FN4O14PS2. The molecule has 0 spiro atoms. The van der Waals surface area contributed by atoms with E-state index in [-0.39, 0.29) is 19.4 Å². The molecule has 3 saturated carbocycles. The molecule has 4 amide bonds. The number of carboxylic acids is 1. The van der Waals surface area contributed by atoms with Gasteiger partial charge in [0.05, 0.1) is 42.4 Å². The molecule has 22 heteroatoms. The molecule has 74 heavy (non-hydrogen) atoms. The maximum atomic E-state index is 18.3. The third-order valence-electron chi connectivity index (χ3n) is 15.8. The number of anilines is 1. The molecule has 0 bridgehead atoms. The molecule has 0 aromatic heterocycles. The number of hydrogen-bond acceptors (Lipinski definition) is 13. The number of ketones is 1. The number of aliphatic hydroxyl groups is 1. The first kappa shape index (κ1) is 57.0. The highest BCUT2D eigenvalue weighted by molar-refractivity contribution is 7.98. The molecule has 18 nitrogen and oxygen atoms in total. The Morgan fingerprint density at radius 3 is 2.42 bits per heavy atom. The number of fused-ring (bicyclic) bond motifs is 7. The molecule has 0 radical (unpaired) electrons. The number of allylic oxidation sites excluding steroid dienone is 6. The lowest BCUT2D eigenvalue weighted by Crippen LogP contribution is -2.69. The molecule has 1 unspecified atom stereocenters. The van der Waals surface area contributed by atoms with Crippen LogP contribution in [0.1, 0.15) is 97.0 Å². The number of benzene rings is 2. The standard InChI is InChI=1S/C52H66FN4O14PS2/c1-6-7-9-31-18-19-49(4)34(20-31)16-17-37-38-22-42-51(41(59)26-70-72(66,67)68,50(38,5)24-40(58)52(37,49)53)28-69-48(71-42)33-14-12-32(13-15-33)27-74-36-11-8-10-35(21-36)57-46(64)30(3)56-45(63)29(2)55-43(60)25-54-47(65)39(73)23-44(61)62/h8-15,18-21,29-30,37-40,42,48,58,73H,6-7,16-17,22-28H2,1-5H3,(H,54,65)(H,55,60)(H,56,63)(H,57,64)(H,61,62)(H2,66,67,68)/b31-9+/t29-,30-,37-,38-,39?,40-,42+,48-,49-,50-,51-,52-/m0/s1. The molecule has 1 aliphatic heterocycles. The number of nitrogens with one attached hydrogen (secondary N) is 4. The van der Waals surface area contributed by atoms with Crippen molar-refractivity contribution in [1.29, 1.82) is 0 Å². The molecule has 1 heterocycles. The van der Waals surface area contributed by atoms with Crippen LogP contribution >= 0.6 is 32.2 Å². The van der Waals surface area contributed by atoms with Gasteiger partial charge in [-0.15, -0.1) is 11.8 Å². The molecule has 402 valence electrons. The highest BCUT2D eigenvalue weighted by atomic mass is 32.2. The number of halogens is 1. The van der Waals surface area contributed by atoms with E-state index in [1.807, 2.05) is 62.4 Å². The summed E-state index contributed by atoms with van der Waals surface area (Å²) in [7, 11) is -5.06. The molecular weight excluding hydrogens is 1020 g/mol. The van der Waals surface area contributed by atoms with Gasteiger partial charge < -0.3 is 50.7 Å². The van der Waals surface area contributed by atoms with Gasteiger partial charge in [0.2, 0.25) is 23.6 Å². The number of unbranched alkanes of at least 4 members (excludes halogenated alkanes) is 1. The Morgan fingerprint density at radius 1 is 1.01 bits per heavy atom. The van der Waals surface area contributed by atoms with Crippen molar-refractivity contribution >= 4 is 73.3 Å². The zero-order valence-corrected chi connectivity index (χ0v) is 44.5. The van der Waals surface area contributed by atoms with Crippen LogP contribution in [0.2, 0.25) is 0 Å². The van der Waals surface area contributed by atoms with Crippen molar-refractivity contribution in [3.8, 4) is 0 Å². The van der Waals surface area contributed by atoms with E-state index in [9.17, 15) is 48.2 Å². The average Bonchev–Trinajstić information content (AvgIpc) is 3.61. The number of hydrogen-bond donors (Lipinski definition) is 9. The van der Waals surface area contributed by atoms with Gasteiger partial charge in [0, 0.05) is 33.2 Å².